The second-order valence-electron chi connectivity index (χ2n) is 6.90. The van der Waals surface area contributed by atoms with Crippen LogP contribution in [0, 0.1) is 5.92 Å². The zero-order valence-corrected chi connectivity index (χ0v) is 15.3. The number of nitrogens with zero attached hydrogens (tertiary/aromatic N) is 3. The minimum atomic E-state index is 0.737. The fourth-order valence-electron chi connectivity index (χ4n) is 3.72. The molecule has 0 atom stereocenters. The van der Waals surface area contributed by atoms with E-state index in [1.807, 2.05) is 30.7 Å². The van der Waals surface area contributed by atoms with Crippen LogP contribution >= 0.6 is 0 Å². The molecule has 1 fully saturated rings. The summed E-state index contributed by atoms with van der Waals surface area (Å²) >= 11 is 0. The molecule has 5 nitrogen and oxygen atoms in total. The summed E-state index contributed by atoms with van der Waals surface area (Å²) in [6, 6.07) is 10.2. The Kier molecular flexibility index (Phi) is 5.16. The van der Waals surface area contributed by atoms with E-state index in [1.165, 1.54) is 12.8 Å². The van der Waals surface area contributed by atoms with Crippen LogP contribution in [0.3, 0.4) is 0 Å². The molecule has 1 aromatic carbocycles. The summed E-state index contributed by atoms with van der Waals surface area (Å²) in [7, 11) is 0. The molecule has 0 radical (unpaired) electrons. The average molecular weight is 350 g/mol. The summed E-state index contributed by atoms with van der Waals surface area (Å²) in [6.45, 7) is 5.98. The van der Waals surface area contributed by atoms with Crippen molar-refractivity contribution >= 4 is 11.0 Å². The summed E-state index contributed by atoms with van der Waals surface area (Å²) < 4.78 is 8.31. The van der Waals surface area contributed by atoms with Gasteiger partial charge in [0.25, 0.3) is 0 Å². The minimum Gasteiger partial charge on any atom is -0.490 e. The largest absolute Gasteiger partial charge is 0.490 e. The molecule has 1 N–H and O–H groups in total. The van der Waals surface area contributed by atoms with E-state index >= 15 is 0 Å². The third-order valence-electron chi connectivity index (χ3n) is 5.24. The number of aromatic nitrogens is 3. The molecule has 0 saturated carbocycles. The van der Waals surface area contributed by atoms with Crippen LogP contribution in [0.4, 0.5) is 0 Å². The Morgan fingerprint density at radius 1 is 1.15 bits per heavy atom. The summed E-state index contributed by atoms with van der Waals surface area (Å²) in [6.07, 6.45) is 7.34. The first kappa shape index (κ1) is 17.0. The Hall–Kier alpha value is -2.40. The second-order valence-corrected chi connectivity index (χ2v) is 6.90. The van der Waals surface area contributed by atoms with Gasteiger partial charge in [-0.2, -0.15) is 0 Å². The topological polar surface area (TPSA) is 52.0 Å². The molecule has 0 unspecified atom stereocenters. The lowest BCUT2D eigenvalue weighted by atomic mass is 9.95. The molecular formula is C21H26N4O. The van der Waals surface area contributed by atoms with Gasteiger partial charge >= 0.3 is 0 Å². The fraction of sp³-hybridized carbons (Fsp3) is 0.429. The van der Waals surface area contributed by atoms with Crippen LogP contribution in [0.25, 0.3) is 22.3 Å². The Morgan fingerprint density at radius 3 is 2.73 bits per heavy atom. The van der Waals surface area contributed by atoms with E-state index in [4.69, 9.17) is 4.74 Å². The van der Waals surface area contributed by atoms with Gasteiger partial charge in [0.2, 0.25) is 0 Å². The molecule has 1 aliphatic heterocycles. The zero-order chi connectivity index (χ0) is 17.8. The Morgan fingerprint density at radius 2 is 1.96 bits per heavy atom. The van der Waals surface area contributed by atoms with Crippen molar-refractivity contribution in [2.75, 3.05) is 19.7 Å². The van der Waals surface area contributed by atoms with Gasteiger partial charge in [0, 0.05) is 12.1 Å². The van der Waals surface area contributed by atoms with Crippen LogP contribution in [0.15, 0.2) is 42.9 Å². The summed E-state index contributed by atoms with van der Waals surface area (Å²) in [4.78, 5) is 9.32. The van der Waals surface area contributed by atoms with Gasteiger partial charge in [0.15, 0.2) is 5.75 Å². The van der Waals surface area contributed by atoms with E-state index in [-0.39, 0.29) is 0 Å². The van der Waals surface area contributed by atoms with E-state index in [1.54, 1.807) is 0 Å². The maximum absolute atomic E-state index is 6.17. The molecule has 4 rings (SSSR count). The normalized spacial score (nSPS) is 15.4. The number of fused-ring (bicyclic) bond motifs is 1. The predicted molar refractivity (Wildman–Crippen MR) is 104 cm³/mol. The Balaban J connectivity index is 1.60. The van der Waals surface area contributed by atoms with Gasteiger partial charge < -0.3 is 14.6 Å². The molecule has 5 heteroatoms. The Labute approximate surface area is 154 Å². The van der Waals surface area contributed by atoms with Crippen LogP contribution in [-0.2, 0) is 6.54 Å². The SMILES string of the molecule is CCn1cnc2c(-c3ccccc3)ncc(OCCC3CCNCC3)c21. The molecule has 3 heterocycles. The number of pyridine rings is 1. The lowest BCUT2D eigenvalue weighted by molar-refractivity contribution is 0.252. The quantitative estimate of drug-likeness (QED) is 0.733. The number of nitrogens with one attached hydrogen (secondary N) is 1. The number of rotatable bonds is 6. The van der Waals surface area contributed by atoms with E-state index in [9.17, 15) is 0 Å². The van der Waals surface area contributed by atoms with Crippen LogP contribution in [0.5, 0.6) is 5.75 Å². The van der Waals surface area contributed by atoms with Crippen molar-refractivity contribution in [2.45, 2.75) is 32.7 Å². The molecule has 0 amide bonds. The highest BCUT2D eigenvalue weighted by Crippen LogP contribution is 2.32. The molecule has 0 bridgehead atoms. The van der Waals surface area contributed by atoms with Crippen molar-refractivity contribution in [3.05, 3.63) is 42.9 Å². The number of benzene rings is 1. The van der Waals surface area contributed by atoms with Crippen LogP contribution in [-0.4, -0.2) is 34.2 Å². The monoisotopic (exact) mass is 350 g/mol. The zero-order valence-electron chi connectivity index (χ0n) is 15.3. The molecule has 136 valence electrons. The summed E-state index contributed by atoms with van der Waals surface area (Å²) in [5.74, 6) is 1.60. The second kappa shape index (κ2) is 7.87. The number of aryl methyl sites for hydroxylation is 1. The molecular weight excluding hydrogens is 324 g/mol. The fourth-order valence-corrected chi connectivity index (χ4v) is 3.72. The van der Waals surface area contributed by atoms with Gasteiger partial charge in [-0.05, 0) is 45.2 Å². The Bertz CT molecular complexity index is 853. The van der Waals surface area contributed by atoms with Crippen molar-refractivity contribution in [2.24, 2.45) is 5.92 Å². The van der Waals surface area contributed by atoms with E-state index in [2.05, 4.69) is 38.9 Å². The molecule has 26 heavy (non-hydrogen) atoms. The van der Waals surface area contributed by atoms with Crippen LogP contribution in [0.1, 0.15) is 26.2 Å². The van der Waals surface area contributed by atoms with Crippen molar-refractivity contribution in [1.29, 1.82) is 0 Å². The average Bonchev–Trinajstić information content (AvgIpc) is 3.14. The first-order valence-corrected chi connectivity index (χ1v) is 9.59. The van der Waals surface area contributed by atoms with E-state index < -0.39 is 0 Å². The number of piperidine rings is 1. The first-order chi connectivity index (χ1) is 12.9. The highest BCUT2D eigenvalue weighted by Gasteiger charge is 2.17. The van der Waals surface area contributed by atoms with Gasteiger partial charge in [-0.3, -0.25) is 0 Å². The molecule has 2 aromatic heterocycles. The smallest absolute Gasteiger partial charge is 0.163 e. The third kappa shape index (κ3) is 3.44. The van der Waals surface area contributed by atoms with E-state index in [0.29, 0.717) is 0 Å². The highest BCUT2D eigenvalue weighted by atomic mass is 16.5. The van der Waals surface area contributed by atoms with Crippen LogP contribution < -0.4 is 10.1 Å². The number of imidazole rings is 1. The van der Waals surface area contributed by atoms with Crippen molar-refractivity contribution < 1.29 is 4.74 Å². The van der Waals surface area contributed by atoms with Crippen molar-refractivity contribution in [3.63, 3.8) is 0 Å². The van der Waals surface area contributed by atoms with Gasteiger partial charge in [-0.15, -0.1) is 0 Å². The van der Waals surface area contributed by atoms with Crippen LogP contribution in [0.2, 0.25) is 0 Å². The maximum Gasteiger partial charge on any atom is 0.163 e. The van der Waals surface area contributed by atoms with Gasteiger partial charge in [0.1, 0.15) is 11.0 Å². The van der Waals surface area contributed by atoms with Crippen molar-refractivity contribution in [1.82, 2.24) is 19.9 Å². The van der Waals surface area contributed by atoms with Crippen molar-refractivity contribution in [3.8, 4) is 17.0 Å². The first-order valence-electron chi connectivity index (χ1n) is 9.59. The number of ether oxygens (including phenoxy) is 1. The molecule has 1 saturated heterocycles. The minimum absolute atomic E-state index is 0.737. The molecule has 0 spiro atoms. The van der Waals surface area contributed by atoms with Gasteiger partial charge in [0.05, 0.1) is 24.8 Å². The van der Waals surface area contributed by atoms with E-state index in [0.717, 1.165) is 66.6 Å². The summed E-state index contributed by atoms with van der Waals surface area (Å²) in [5.41, 5.74) is 3.96. The number of hydrogen-bond donors (Lipinski definition) is 1. The lowest BCUT2D eigenvalue weighted by Gasteiger charge is -2.22. The summed E-state index contributed by atoms with van der Waals surface area (Å²) in [5, 5.41) is 3.42. The number of hydrogen-bond acceptors (Lipinski definition) is 4. The standard InChI is InChI=1S/C21H26N4O/c1-2-25-15-24-20-19(17-6-4-3-5-7-17)23-14-18(21(20)25)26-13-10-16-8-11-22-12-9-16/h3-7,14-16,22H,2,8-13H2,1H3. The van der Waals surface area contributed by atoms with Gasteiger partial charge in [-0.1, -0.05) is 30.3 Å². The third-order valence-corrected chi connectivity index (χ3v) is 5.24. The maximum atomic E-state index is 6.17. The highest BCUT2D eigenvalue weighted by molar-refractivity contribution is 5.93. The lowest BCUT2D eigenvalue weighted by Crippen LogP contribution is -2.28. The molecule has 0 aliphatic carbocycles. The van der Waals surface area contributed by atoms with Gasteiger partial charge in [-0.25, -0.2) is 9.97 Å². The predicted octanol–water partition coefficient (Wildman–Crippen LogP) is 3.89. The molecule has 1 aliphatic rings. The molecule has 3 aromatic rings.